The summed E-state index contributed by atoms with van der Waals surface area (Å²) < 4.78 is 74.4. The van der Waals surface area contributed by atoms with Gasteiger partial charge in [-0.2, -0.15) is 13.2 Å². The second kappa shape index (κ2) is 11.1. The normalized spacial score (nSPS) is 15.2. The average Bonchev–Trinajstić information content (AvgIpc) is 3.21. The number of carbonyl (C=O) groups excluding carboxylic acids is 1. The molecule has 0 spiro atoms. The molecule has 1 saturated heterocycles. The maximum absolute atomic E-state index is 14.9. The Balaban J connectivity index is 1.51. The van der Waals surface area contributed by atoms with Crippen LogP contribution in [0.5, 0.6) is 11.5 Å². The zero-order valence-electron chi connectivity index (χ0n) is 22.2. The van der Waals surface area contributed by atoms with E-state index >= 15 is 0 Å². The third-order valence-electron chi connectivity index (χ3n) is 6.24. The van der Waals surface area contributed by atoms with Crippen molar-refractivity contribution in [2.75, 3.05) is 31.7 Å². The van der Waals surface area contributed by atoms with Crippen LogP contribution in [0.4, 0.5) is 28.0 Å². The number of alkyl halides is 3. The van der Waals surface area contributed by atoms with Crippen molar-refractivity contribution in [1.29, 1.82) is 0 Å². The summed E-state index contributed by atoms with van der Waals surface area (Å²) in [6, 6.07) is 5.26. The number of urea groups is 1. The maximum Gasteiger partial charge on any atom is 0.418 e. The third-order valence-corrected chi connectivity index (χ3v) is 7.94. The molecule has 1 aliphatic heterocycles. The number of halogens is 4. The van der Waals surface area contributed by atoms with Crippen molar-refractivity contribution in [2.24, 2.45) is 5.41 Å². The molecule has 0 aliphatic carbocycles. The molecule has 2 N–H and O–H groups in total. The molecule has 0 bridgehead atoms. The molecule has 39 heavy (non-hydrogen) atoms. The molecule has 8 nitrogen and oxygen atoms in total. The van der Waals surface area contributed by atoms with Crippen LogP contribution in [0.25, 0.3) is 11.0 Å². The summed E-state index contributed by atoms with van der Waals surface area (Å²) in [5.41, 5.74) is -0.932. The summed E-state index contributed by atoms with van der Waals surface area (Å²) in [4.78, 5) is 16.3. The van der Waals surface area contributed by atoms with E-state index in [9.17, 15) is 22.4 Å². The zero-order valence-corrected chi connectivity index (χ0v) is 23.2. The van der Waals surface area contributed by atoms with Gasteiger partial charge in [0.25, 0.3) is 0 Å². The van der Waals surface area contributed by atoms with Crippen molar-refractivity contribution in [2.45, 2.75) is 45.5 Å². The first-order chi connectivity index (χ1) is 18.2. The lowest BCUT2D eigenvalue weighted by Crippen LogP contribution is -2.49. The fraction of sp³-hybridized carbons (Fsp3) is 0.462. The first kappa shape index (κ1) is 28.8. The Kier molecular flexibility index (Phi) is 8.24. The molecule has 3 heterocycles. The van der Waals surface area contributed by atoms with E-state index in [1.54, 1.807) is 0 Å². The minimum Gasteiger partial charge on any atom is -0.453 e. The average molecular weight is 569 g/mol. The topological polar surface area (TPSA) is 86.6 Å². The predicted molar refractivity (Wildman–Crippen MR) is 141 cm³/mol. The second-order valence-corrected chi connectivity index (χ2v) is 16.8. The highest BCUT2D eigenvalue weighted by Gasteiger charge is 2.37. The molecule has 0 radical (unpaired) electrons. The van der Waals surface area contributed by atoms with Crippen molar-refractivity contribution in [3.63, 3.8) is 0 Å². The van der Waals surface area contributed by atoms with Crippen LogP contribution >= 0.6 is 0 Å². The monoisotopic (exact) mass is 568 g/mol. The van der Waals surface area contributed by atoms with Gasteiger partial charge < -0.3 is 29.4 Å². The van der Waals surface area contributed by atoms with Gasteiger partial charge in [0.15, 0.2) is 11.6 Å². The van der Waals surface area contributed by atoms with E-state index in [4.69, 9.17) is 14.2 Å². The second-order valence-electron chi connectivity index (χ2n) is 11.2. The third kappa shape index (κ3) is 7.28. The van der Waals surface area contributed by atoms with Gasteiger partial charge in [-0.1, -0.05) is 26.6 Å². The van der Waals surface area contributed by atoms with Gasteiger partial charge >= 0.3 is 12.2 Å². The van der Waals surface area contributed by atoms with Gasteiger partial charge in [0.05, 0.1) is 24.2 Å². The van der Waals surface area contributed by atoms with E-state index < -0.39 is 31.7 Å². The van der Waals surface area contributed by atoms with Crippen LogP contribution in [-0.4, -0.2) is 50.0 Å². The Morgan fingerprint density at radius 2 is 1.95 bits per heavy atom. The Morgan fingerprint density at radius 1 is 1.21 bits per heavy atom. The van der Waals surface area contributed by atoms with Crippen LogP contribution in [0.2, 0.25) is 25.7 Å². The largest absolute Gasteiger partial charge is 0.453 e. The number of amides is 2. The van der Waals surface area contributed by atoms with Gasteiger partial charge in [0.1, 0.15) is 18.1 Å². The number of carbonyl (C=O) groups is 1. The standard InChI is InChI=1S/C26H32F4N4O4Si/c1-25(14-37-15-25)13-32-24(35)33-17-5-6-20(19(27)11-17)38-21-7-8-31-23-22(21)18(26(28,29)30)12-34(23)16-36-9-10-39(2,3)4/h5-8,11-12H,9-10,13-16H2,1-4H3,(H2,32,33,35). The van der Waals surface area contributed by atoms with Crippen LogP contribution in [0.3, 0.4) is 0 Å². The van der Waals surface area contributed by atoms with Crippen LogP contribution in [-0.2, 0) is 22.4 Å². The Labute approximate surface area is 224 Å². The van der Waals surface area contributed by atoms with Crippen molar-refractivity contribution in [3.8, 4) is 11.5 Å². The molecule has 2 amide bonds. The first-order valence-electron chi connectivity index (χ1n) is 12.5. The van der Waals surface area contributed by atoms with Gasteiger partial charge in [0, 0.05) is 50.8 Å². The van der Waals surface area contributed by atoms with Crippen molar-refractivity contribution < 1.29 is 36.6 Å². The summed E-state index contributed by atoms with van der Waals surface area (Å²) in [6.45, 7) is 10.3. The molecule has 13 heteroatoms. The van der Waals surface area contributed by atoms with Crippen LogP contribution in [0, 0.1) is 11.2 Å². The van der Waals surface area contributed by atoms with E-state index in [1.807, 2.05) is 6.92 Å². The molecule has 2 aromatic heterocycles. The summed E-state index contributed by atoms with van der Waals surface area (Å²) >= 11 is 0. The predicted octanol–water partition coefficient (Wildman–Crippen LogP) is 6.46. The number of nitrogens with zero attached hydrogens (tertiary/aromatic N) is 2. The SMILES string of the molecule is CC1(CNC(=O)Nc2ccc(Oc3ccnc4c3c(C(F)(F)F)cn4COCC[Si](C)(C)C)c(F)c2)COC1. The molecule has 1 aliphatic rings. The molecule has 4 rings (SSSR count). The highest BCUT2D eigenvalue weighted by atomic mass is 28.3. The molecule has 1 fully saturated rings. The lowest BCUT2D eigenvalue weighted by Gasteiger charge is -2.37. The number of hydrogen-bond donors (Lipinski definition) is 2. The minimum absolute atomic E-state index is 0.00810. The van der Waals surface area contributed by atoms with Crippen LogP contribution in [0.15, 0.2) is 36.7 Å². The number of aromatic nitrogens is 2. The van der Waals surface area contributed by atoms with E-state index in [1.165, 1.54) is 29.0 Å². The van der Waals surface area contributed by atoms with Crippen LogP contribution < -0.4 is 15.4 Å². The van der Waals surface area contributed by atoms with E-state index in [0.29, 0.717) is 26.4 Å². The van der Waals surface area contributed by atoms with Crippen molar-refractivity contribution in [3.05, 3.63) is 48.0 Å². The van der Waals surface area contributed by atoms with E-state index in [0.717, 1.165) is 18.3 Å². The van der Waals surface area contributed by atoms with Crippen molar-refractivity contribution >= 4 is 30.8 Å². The number of pyridine rings is 1. The molecule has 1 aromatic carbocycles. The number of hydrogen-bond acceptors (Lipinski definition) is 5. The molecular weight excluding hydrogens is 536 g/mol. The fourth-order valence-corrected chi connectivity index (χ4v) is 4.68. The summed E-state index contributed by atoms with van der Waals surface area (Å²) in [6.07, 6.45) is -2.48. The lowest BCUT2D eigenvalue weighted by atomic mass is 9.89. The minimum atomic E-state index is -4.70. The summed E-state index contributed by atoms with van der Waals surface area (Å²) in [5, 5.41) is 4.94. The Bertz CT molecular complexity index is 1340. The smallest absolute Gasteiger partial charge is 0.418 e. The molecule has 212 valence electrons. The van der Waals surface area contributed by atoms with Crippen molar-refractivity contribution in [1.82, 2.24) is 14.9 Å². The summed E-state index contributed by atoms with van der Waals surface area (Å²) in [7, 11) is -1.37. The number of ether oxygens (including phenoxy) is 3. The number of anilines is 1. The van der Waals surface area contributed by atoms with E-state index in [-0.39, 0.29) is 40.4 Å². The fourth-order valence-electron chi connectivity index (χ4n) is 3.93. The molecular formula is C26H32F4N4O4Si. The Hall–Kier alpha value is -3.16. The zero-order chi connectivity index (χ0) is 28.4. The first-order valence-corrected chi connectivity index (χ1v) is 16.2. The van der Waals surface area contributed by atoms with Gasteiger partial charge in [-0.15, -0.1) is 0 Å². The highest BCUT2D eigenvalue weighted by Crippen LogP contribution is 2.41. The van der Waals surface area contributed by atoms with Gasteiger partial charge in [-0.05, 0) is 24.2 Å². The maximum atomic E-state index is 14.9. The Morgan fingerprint density at radius 3 is 2.56 bits per heavy atom. The molecule has 3 aromatic rings. The summed E-state index contributed by atoms with van der Waals surface area (Å²) in [5.74, 6) is -1.37. The van der Waals surface area contributed by atoms with Gasteiger partial charge in [0.2, 0.25) is 0 Å². The quantitative estimate of drug-likeness (QED) is 0.167. The number of fused-ring (bicyclic) bond motifs is 1. The molecule has 0 saturated carbocycles. The van der Waals surface area contributed by atoms with Gasteiger partial charge in [-0.25, -0.2) is 14.2 Å². The van der Waals surface area contributed by atoms with E-state index in [2.05, 4.69) is 35.3 Å². The number of benzene rings is 1. The molecule has 0 atom stereocenters. The molecule has 0 unspecified atom stereocenters. The number of rotatable bonds is 10. The lowest BCUT2D eigenvalue weighted by molar-refractivity contribution is -0.136. The van der Waals surface area contributed by atoms with Gasteiger partial charge in [-0.3, -0.25) is 0 Å². The van der Waals surface area contributed by atoms with Crippen LogP contribution in [0.1, 0.15) is 12.5 Å². The highest BCUT2D eigenvalue weighted by molar-refractivity contribution is 6.76. The number of nitrogens with one attached hydrogen (secondary N) is 2.